The summed E-state index contributed by atoms with van der Waals surface area (Å²) in [5.41, 5.74) is 2.21. The van der Waals surface area contributed by atoms with Crippen LogP contribution in [0, 0.1) is 0 Å². The van der Waals surface area contributed by atoms with E-state index < -0.39 is 17.8 Å². The van der Waals surface area contributed by atoms with Crippen LogP contribution in [0.2, 0.25) is 0 Å². The molecule has 0 aliphatic carbocycles. The van der Waals surface area contributed by atoms with Gasteiger partial charge in [0.25, 0.3) is 0 Å². The average molecular weight is 307 g/mol. The van der Waals surface area contributed by atoms with Crippen LogP contribution in [0.25, 0.3) is 0 Å². The monoisotopic (exact) mass is 307 g/mol. The normalized spacial score (nSPS) is 11.4. The number of halogens is 3. The van der Waals surface area contributed by atoms with Crippen molar-refractivity contribution in [3.8, 4) is 0 Å². The minimum atomic E-state index is -4.41. The number of benzene rings is 2. The first-order valence-corrected chi connectivity index (χ1v) is 6.27. The van der Waals surface area contributed by atoms with E-state index in [1.807, 2.05) is 0 Å². The number of alkyl halides is 3. The number of rotatable bonds is 3. The van der Waals surface area contributed by atoms with E-state index in [0.29, 0.717) is 5.69 Å². The number of nitrogens with zero attached hydrogens (tertiary/aromatic N) is 1. The van der Waals surface area contributed by atoms with E-state index in [1.54, 1.807) is 30.3 Å². The van der Waals surface area contributed by atoms with Gasteiger partial charge in [0.15, 0.2) is 0 Å². The number of hydrogen-bond acceptors (Lipinski definition) is 2. The molecule has 0 radical (unpaired) electrons. The standard InChI is InChI=1S/C15H12F3N3O/c16-15(17,18)12-6-4-5-11(9-12)10-19-21-14(22)20-13-7-2-1-3-8-13/h1-10H,(H2,20,21,22)/b19-10-. The predicted molar refractivity (Wildman–Crippen MR) is 77.6 cm³/mol. The molecule has 0 saturated carbocycles. The van der Waals surface area contributed by atoms with Gasteiger partial charge in [-0.05, 0) is 29.8 Å². The van der Waals surface area contributed by atoms with Gasteiger partial charge in [-0.15, -0.1) is 0 Å². The highest BCUT2D eigenvalue weighted by molar-refractivity contribution is 5.90. The molecule has 0 atom stereocenters. The van der Waals surface area contributed by atoms with E-state index in [9.17, 15) is 18.0 Å². The molecule has 2 N–H and O–H groups in total. The van der Waals surface area contributed by atoms with Crippen molar-refractivity contribution in [1.82, 2.24) is 5.43 Å². The minimum absolute atomic E-state index is 0.231. The Hall–Kier alpha value is -2.83. The molecule has 0 aliphatic rings. The lowest BCUT2D eigenvalue weighted by molar-refractivity contribution is -0.137. The molecule has 0 saturated heterocycles. The summed E-state index contributed by atoms with van der Waals surface area (Å²) in [6, 6.07) is 12.7. The van der Waals surface area contributed by atoms with Crippen molar-refractivity contribution in [3.63, 3.8) is 0 Å². The zero-order valence-corrected chi connectivity index (χ0v) is 11.3. The van der Waals surface area contributed by atoms with Crippen molar-refractivity contribution < 1.29 is 18.0 Å². The Bertz CT molecular complexity index is 669. The molecule has 22 heavy (non-hydrogen) atoms. The van der Waals surface area contributed by atoms with Crippen LogP contribution in [0.15, 0.2) is 59.7 Å². The highest BCUT2D eigenvalue weighted by Gasteiger charge is 2.30. The maximum atomic E-state index is 12.5. The number of nitrogens with one attached hydrogen (secondary N) is 2. The molecule has 0 bridgehead atoms. The Morgan fingerprint density at radius 1 is 1.05 bits per heavy atom. The third-order valence-corrected chi connectivity index (χ3v) is 2.63. The van der Waals surface area contributed by atoms with Gasteiger partial charge in [-0.25, -0.2) is 10.2 Å². The molecule has 0 unspecified atom stereocenters. The molecule has 2 rings (SSSR count). The molecule has 0 heterocycles. The molecular weight excluding hydrogens is 295 g/mol. The molecule has 2 aromatic carbocycles. The van der Waals surface area contributed by atoms with E-state index in [2.05, 4.69) is 15.8 Å². The number of anilines is 1. The lowest BCUT2D eigenvalue weighted by atomic mass is 10.1. The highest BCUT2D eigenvalue weighted by Crippen LogP contribution is 2.29. The number of para-hydroxylation sites is 1. The second kappa shape index (κ2) is 6.75. The predicted octanol–water partition coefficient (Wildman–Crippen LogP) is 3.86. The van der Waals surface area contributed by atoms with Crippen LogP contribution in [0.5, 0.6) is 0 Å². The molecule has 2 amide bonds. The smallest absolute Gasteiger partial charge is 0.307 e. The van der Waals surface area contributed by atoms with Gasteiger partial charge < -0.3 is 5.32 Å². The van der Waals surface area contributed by atoms with Crippen LogP contribution >= 0.6 is 0 Å². The van der Waals surface area contributed by atoms with E-state index in [1.165, 1.54) is 12.1 Å². The molecular formula is C15H12F3N3O. The fourth-order valence-corrected chi connectivity index (χ4v) is 1.64. The third kappa shape index (κ3) is 4.62. The SMILES string of the molecule is O=C(N/N=C\c1cccc(C(F)(F)F)c1)Nc1ccccc1. The third-order valence-electron chi connectivity index (χ3n) is 2.63. The van der Waals surface area contributed by atoms with E-state index in [4.69, 9.17) is 0 Å². The van der Waals surface area contributed by atoms with Crippen molar-refractivity contribution in [2.45, 2.75) is 6.18 Å². The molecule has 4 nitrogen and oxygen atoms in total. The summed E-state index contributed by atoms with van der Waals surface area (Å²) in [5.74, 6) is 0. The van der Waals surface area contributed by atoms with Gasteiger partial charge in [0.2, 0.25) is 0 Å². The number of hydrogen-bond donors (Lipinski definition) is 2. The molecule has 0 aromatic heterocycles. The largest absolute Gasteiger partial charge is 0.416 e. The van der Waals surface area contributed by atoms with Crippen LogP contribution in [0.1, 0.15) is 11.1 Å². The number of amides is 2. The van der Waals surface area contributed by atoms with Crippen molar-refractivity contribution in [3.05, 3.63) is 65.7 Å². The van der Waals surface area contributed by atoms with Crippen LogP contribution in [0.3, 0.4) is 0 Å². The Morgan fingerprint density at radius 3 is 2.45 bits per heavy atom. The summed E-state index contributed by atoms with van der Waals surface area (Å²) in [7, 11) is 0. The summed E-state index contributed by atoms with van der Waals surface area (Å²) in [6.45, 7) is 0. The van der Waals surface area contributed by atoms with Crippen molar-refractivity contribution >= 4 is 17.9 Å². The minimum Gasteiger partial charge on any atom is -0.307 e. The number of urea groups is 1. The molecule has 114 valence electrons. The first-order chi connectivity index (χ1) is 10.4. The van der Waals surface area contributed by atoms with Gasteiger partial charge in [0.05, 0.1) is 11.8 Å². The van der Waals surface area contributed by atoms with E-state index in [-0.39, 0.29) is 5.56 Å². The first-order valence-electron chi connectivity index (χ1n) is 6.27. The van der Waals surface area contributed by atoms with Crippen molar-refractivity contribution in [2.75, 3.05) is 5.32 Å². The van der Waals surface area contributed by atoms with Crippen molar-refractivity contribution in [1.29, 1.82) is 0 Å². The van der Waals surface area contributed by atoms with Crippen LogP contribution in [-0.4, -0.2) is 12.2 Å². The summed E-state index contributed by atoms with van der Waals surface area (Å²) >= 11 is 0. The fourth-order valence-electron chi connectivity index (χ4n) is 1.64. The van der Waals surface area contributed by atoms with Crippen LogP contribution in [-0.2, 0) is 6.18 Å². The average Bonchev–Trinajstić information content (AvgIpc) is 2.48. The zero-order valence-electron chi connectivity index (χ0n) is 11.3. The molecule has 0 aliphatic heterocycles. The van der Waals surface area contributed by atoms with Gasteiger partial charge in [-0.3, -0.25) is 0 Å². The Morgan fingerprint density at radius 2 is 1.77 bits per heavy atom. The van der Waals surface area contributed by atoms with Crippen molar-refractivity contribution in [2.24, 2.45) is 5.10 Å². The number of hydrazone groups is 1. The summed E-state index contributed by atoms with van der Waals surface area (Å²) in [5, 5.41) is 6.13. The van der Waals surface area contributed by atoms with Gasteiger partial charge in [0.1, 0.15) is 0 Å². The van der Waals surface area contributed by atoms with E-state index in [0.717, 1.165) is 18.3 Å². The molecule has 7 heteroatoms. The molecule has 0 spiro atoms. The first kappa shape index (κ1) is 15.6. The quantitative estimate of drug-likeness (QED) is 0.656. The fraction of sp³-hybridized carbons (Fsp3) is 0.0667. The summed E-state index contributed by atoms with van der Waals surface area (Å²) < 4.78 is 37.6. The van der Waals surface area contributed by atoms with E-state index >= 15 is 0 Å². The lowest BCUT2D eigenvalue weighted by Crippen LogP contribution is -2.24. The second-order valence-electron chi connectivity index (χ2n) is 4.31. The van der Waals surface area contributed by atoms with Gasteiger partial charge in [-0.2, -0.15) is 18.3 Å². The maximum absolute atomic E-state index is 12.5. The van der Waals surface area contributed by atoms with Crippen LogP contribution in [0.4, 0.5) is 23.7 Å². The Balaban J connectivity index is 1.94. The van der Waals surface area contributed by atoms with Gasteiger partial charge >= 0.3 is 12.2 Å². The highest BCUT2D eigenvalue weighted by atomic mass is 19.4. The zero-order chi connectivity index (χ0) is 16.0. The summed E-state index contributed by atoms with van der Waals surface area (Å²) in [4.78, 5) is 11.5. The topological polar surface area (TPSA) is 53.5 Å². The molecule has 0 fully saturated rings. The Kier molecular flexibility index (Phi) is 4.77. The number of carbonyl (C=O) groups excluding carboxylic acids is 1. The lowest BCUT2D eigenvalue weighted by Gasteiger charge is -2.06. The van der Waals surface area contributed by atoms with Crippen LogP contribution < -0.4 is 10.7 Å². The summed E-state index contributed by atoms with van der Waals surface area (Å²) in [6.07, 6.45) is -3.28. The maximum Gasteiger partial charge on any atom is 0.416 e. The van der Waals surface area contributed by atoms with Gasteiger partial charge in [-0.1, -0.05) is 30.3 Å². The van der Waals surface area contributed by atoms with Gasteiger partial charge in [0, 0.05) is 5.69 Å². The Labute approximate surface area is 124 Å². The number of carbonyl (C=O) groups is 1. The molecule has 2 aromatic rings. The second-order valence-corrected chi connectivity index (χ2v) is 4.31.